The Morgan fingerprint density at radius 1 is 1.04 bits per heavy atom. The molecule has 0 aliphatic rings. The minimum Gasteiger partial charge on any atom is -0.372 e. The first-order chi connectivity index (χ1) is 13.6. The smallest absolute Gasteiger partial charge is 0.212 e. The lowest BCUT2D eigenvalue weighted by Gasteiger charge is -2.20. The highest BCUT2D eigenvalue weighted by molar-refractivity contribution is 9.10. The number of halogens is 1. The van der Waals surface area contributed by atoms with Gasteiger partial charge in [-0.3, -0.25) is 0 Å². The lowest BCUT2D eigenvalue weighted by molar-refractivity contribution is 0.744. The molecule has 0 aliphatic carbocycles. The Morgan fingerprint density at radius 2 is 1.71 bits per heavy atom. The molecule has 0 bridgehead atoms. The van der Waals surface area contributed by atoms with Gasteiger partial charge in [0.25, 0.3) is 0 Å². The summed E-state index contributed by atoms with van der Waals surface area (Å²) in [4.78, 5) is 2.32. The van der Waals surface area contributed by atoms with Crippen LogP contribution in [0.15, 0.2) is 63.3 Å². The van der Waals surface area contributed by atoms with Crippen LogP contribution in [0.5, 0.6) is 0 Å². The molecule has 1 aromatic heterocycles. The molecule has 0 radical (unpaired) electrons. The van der Waals surface area contributed by atoms with Crippen LogP contribution in [0.2, 0.25) is 0 Å². The summed E-state index contributed by atoms with van der Waals surface area (Å²) in [6.45, 7) is 8.26. The molecule has 1 heterocycles. The number of aryl methyl sites for hydroxylation is 1. The number of hydrogen-bond donors (Lipinski definition) is 0. The fraction of sp³-hybridized carbons (Fsp3) is 0.286. The van der Waals surface area contributed by atoms with Crippen molar-refractivity contribution in [2.45, 2.75) is 31.7 Å². The third kappa shape index (κ3) is 5.23. The largest absolute Gasteiger partial charge is 0.372 e. The Kier molecular flexibility index (Phi) is 7.28. The van der Waals surface area contributed by atoms with Gasteiger partial charge in [-0.05, 0) is 56.2 Å². The van der Waals surface area contributed by atoms with E-state index in [0.717, 1.165) is 39.9 Å². The van der Waals surface area contributed by atoms with Gasteiger partial charge in [-0.25, -0.2) is 0 Å². The number of rotatable bonds is 8. The summed E-state index contributed by atoms with van der Waals surface area (Å²) in [5.41, 5.74) is 3.51. The zero-order valence-electron chi connectivity index (χ0n) is 16.3. The molecule has 0 saturated carbocycles. The summed E-state index contributed by atoms with van der Waals surface area (Å²) in [7, 11) is 0. The number of hydrogen-bond acceptors (Lipinski definition) is 5. The van der Waals surface area contributed by atoms with Gasteiger partial charge in [0.2, 0.25) is 5.16 Å². The van der Waals surface area contributed by atoms with Gasteiger partial charge >= 0.3 is 0 Å². The number of aromatic nitrogens is 3. The van der Waals surface area contributed by atoms with Crippen LogP contribution in [0.3, 0.4) is 0 Å². The van der Waals surface area contributed by atoms with E-state index in [1.807, 2.05) is 25.3 Å². The Balaban J connectivity index is 1.70. The maximum absolute atomic E-state index is 4.60. The van der Waals surface area contributed by atoms with E-state index in [1.54, 1.807) is 16.4 Å². The molecule has 3 aromatic rings. The molecule has 28 heavy (non-hydrogen) atoms. The van der Waals surface area contributed by atoms with Crippen molar-refractivity contribution >= 4 is 39.6 Å². The second-order valence-electron chi connectivity index (χ2n) is 6.27. The average Bonchev–Trinajstić information content (AvgIpc) is 3.07. The highest BCUT2D eigenvalue weighted by atomic mass is 79.9. The van der Waals surface area contributed by atoms with Crippen molar-refractivity contribution in [2.75, 3.05) is 18.0 Å². The minimum atomic E-state index is 0.773. The number of nitrogens with zero attached hydrogens (tertiary/aromatic N) is 5. The average molecular weight is 458 g/mol. The van der Waals surface area contributed by atoms with E-state index in [2.05, 4.69) is 86.4 Å². The number of thioether (sulfide) groups is 1. The van der Waals surface area contributed by atoms with Gasteiger partial charge < -0.3 is 4.90 Å². The van der Waals surface area contributed by atoms with Gasteiger partial charge in [0.1, 0.15) is 0 Å². The third-order valence-corrected chi connectivity index (χ3v) is 5.91. The number of benzene rings is 2. The Hall–Kier alpha value is -2.12. The molecule has 2 aromatic carbocycles. The topological polar surface area (TPSA) is 46.3 Å². The zero-order chi connectivity index (χ0) is 19.9. The maximum Gasteiger partial charge on any atom is 0.212 e. The second-order valence-corrected chi connectivity index (χ2v) is 8.12. The molecular formula is C21H24BrN5S. The van der Waals surface area contributed by atoms with Crippen molar-refractivity contribution in [1.29, 1.82) is 0 Å². The molecule has 146 valence electrons. The summed E-state index contributed by atoms with van der Waals surface area (Å²) >= 11 is 5.09. The van der Waals surface area contributed by atoms with Crippen LogP contribution < -0.4 is 4.90 Å². The Bertz CT molecular complexity index is 915. The van der Waals surface area contributed by atoms with Gasteiger partial charge in [-0.1, -0.05) is 52.0 Å². The molecule has 7 heteroatoms. The van der Waals surface area contributed by atoms with E-state index >= 15 is 0 Å². The predicted molar refractivity (Wildman–Crippen MR) is 121 cm³/mol. The minimum absolute atomic E-state index is 0.773. The first kappa shape index (κ1) is 20.6. The van der Waals surface area contributed by atoms with E-state index < -0.39 is 0 Å². The highest BCUT2D eigenvalue weighted by Crippen LogP contribution is 2.23. The molecule has 0 unspecified atom stereocenters. The van der Waals surface area contributed by atoms with E-state index in [-0.39, 0.29) is 0 Å². The van der Waals surface area contributed by atoms with E-state index in [9.17, 15) is 0 Å². The lowest BCUT2D eigenvalue weighted by Crippen LogP contribution is -2.21. The zero-order valence-corrected chi connectivity index (χ0v) is 18.7. The van der Waals surface area contributed by atoms with Gasteiger partial charge in [0, 0.05) is 29.0 Å². The highest BCUT2D eigenvalue weighted by Gasteiger charge is 2.09. The molecule has 0 N–H and O–H groups in total. The molecule has 0 saturated heterocycles. The Morgan fingerprint density at radius 3 is 2.36 bits per heavy atom. The lowest BCUT2D eigenvalue weighted by atomic mass is 10.2. The standard InChI is InChI=1S/C21H24BrN5S/c1-4-26(5-2)20-12-8-17(9-13-20)14-23-27-16(3)24-25-21(27)28-15-18-6-10-19(22)11-7-18/h6-14H,4-5,15H2,1-3H3/b23-14-. The summed E-state index contributed by atoms with van der Waals surface area (Å²) < 4.78 is 2.87. The maximum atomic E-state index is 4.60. The fourth-order valence-corrected chi connectivity index (χ4v) is 3.93. The van der Waals surface area contributed by atoms with E-state index in [1.165, 1.54) is 11.3 Å². The van der Waals surface area contributed by atoms with Crippen LogP contribution in [0.4, 0.5) is 5.69 Å². The van der Waals surface area contributed by atoms with Crippen LogP contribution in [-0.4, -0.2) is 34.2 Å². The SMILES string of the molecule is CCN(CC)c1ccc(/C=N\n2c(C)nnc2SCc2ccc(Br)cc2)cc1. The van der Waals surface area contributed by atoms with Crippen molar-refractivity contribution < 1.29 is 0 Å². The van der Waals surface area contributed by atoms with Gasteiger partial charge in [0.15, 0.2) is 5.82 Å². The van der Waals surface area contributed by atoms with Crippen LogP contribution >= 0.6 is 27.7 Å². The molecule has 0 aliphatic heterocycles. The number of anilines is 1. The third-order valence-electron chi connectivity index (χ3n) is 4.39. The monoisotopic (exact) mass is 457 g/mol. The molecule has 0 atom stereocenters. The van der Waals surface area contributed by atoms with Gasteiger partial charge in [-0.2, -0.15) is 9.78 Å². The van der Waals surface area contributed by atoms with Crippen molar-refractivity contribution in [3.8, 4) is 0 Å². The first-order valence-corrected chi connectivity index (χ1v) is 11.1. The van der Waals surface area contributed by atoms with Crippen LogP contribution in [0, 0.1) is 6.92 Å². The quantitative estimate of drug-likeness (QED) is 0.336. The van der Waals surface area contributed by atoms with Crippen molar-refractivity contribution in [1.82, 2.24) is 14.9 Å². The molecule has 0 amide bonds. The van der Waals surface area contributed by atoms with Crippen LogP contribution in [0.25, 0.3) is 0 Å². The first-order valence-electron chi connectivity index (χ1n) is 9.29. The van der Waals surface area contributed by atoms with Gasteiger partial charge in [0.05, 0.1) is 6.21 Å². The van der Waals surface area contributed by atoms with Crippen molar-refractivity contribution in [2.24, 2.45) is 5.10 Å². The Labute approximate surface area is 179 Å². The van der Waals surface area contributed by atoms with Crippen molar-refractivity contribution in [3.63, 3.8) is 0 Å². The summed E-state index contributed by atoms with van der Waals surface area (Å²) in [6, 6.07) is 16.7. The second kappa shape index (κ2) is 9.89. The van der Waals surface area contributed by atoms with E-state index in [0.29, 0.717) is 0 Å². The molecule has 3 rings (SSSR count). The van der Waals surface area contributed by atoms with Gasteiger partial charge in [-0.15, -0.1) is 10.2 Å². The normalized spacial score (nSPS) is 11.3. The van der Waals surface area contributed by atoms with Crippen molar-refractivity contribution in [3.05, 3.63) is 70.0 Å². The molecule has 0 fully saturated rings. The summed E-state index contributed by atoms with van der Waals surface area (Å²) in [5, 5.41) is 13.8. The molecule has 0 spiro atoms. The van der Waals surface area contributed by atoms with Crippen LogP contribution in [0.1, 0.15) is 30.8 Å². The van der Waals surface area contributed by atoms with Crippen LogP contribution in [-0.2, 0) is 5.75 Å². The summed E-state index contributed by atoms with van der Waals surface area (Å²) in [5.74, 6) is 1.59. The van der Waals surface area contributed by atoms with E-state index in [4.69, 9.17) is 0 Å². The summed E-state index contributed by atoms with van der Waals surface area (Å²) in [6.07, 6.45) is 1.85. The fourth-order valence-electron chi connectivity index (χ4n) is 2.77. The molecule has 5 nitrogen and oxygen atoms in total. The molecular weight excluding hydrogens is 434 g/mol. The predicted octanol–water partition coefficient (Wildman–Crippen LogP) is 5.37.